The fourth-order valence-electron chi connectivity index (χ4n) is 3.47. The number of aryl methyl sites for hydroxylation is 2. The first-order valence-corrected chi connectivity index (χ1v) is 10.7. The number of nitrogens with one attached hydrogen (secondary N) is 1. The quantitative estimate of drug-likeness (QED) is 0.553. The molecule has 0 aliphatic heterocycles. The maximum atomic E-state index is 12.9. The highest BCUT2D eigenvalue weighted by atomic mass is 16.5. The summed E-state index contributed by atoms with van der Waals surface area (Å²) in [4.78, 5) is 30.1. The van der Waals surface area contributed by atoms with Crippen LogP contribution in [0.25, 0.3) is 11.0 Å². The first kappa shape index (κ1) is 22.5. The number of rotatable bonds is 7. The number of fused-ring (bicyclic) bond motifs is 1. The molecular weight excluding hydrogens is 392 g/mol. The van der Waals surface area contributed by atoms with Crippen LogP contribution in [0.5, 0.6) is 0 Å². The molecule has 31 heavy (non-hydrogen) atoms. The Balaban J connectivity index is 1.81. The van der Waals surface area contributed by atoms with Gasteiger partial charge in [-0.2, -0.15) is 5.10 Å². The number of anilines is 1. The van der Waals surface area contributed by atoms with E-state index >= 15 is 0 Å². The second-order valence-electron chi connectivity index (χ2n) is 8.26. The minimum Gasteiger partial charge on any atom is -0.452 e. The molecular formula is C24H30N4O3. The van der Waals surface area contributed by atoms with Crippen molar-refractivity contribution >= 4 is 28.6 Å². The summed E-state index contributed by atoms with van der Waals surface area (Å²) in [6, 6.07) is 7.71. The van der Waals surface area contributed by atoms with Crippen LogP contribution >= 0.6 is 0 Å². The molecule has 164 valence electrons. The highest BCUT2D eigenvalue weighted by Gasteiger charge is 2.21. The predicted molar refractivity (Wildman–Crippen MR) is 121 cm³/mol. The van der Waals surface area contributed by atoms with Gasteiger partial charge in [0.1, 0.15) is 0 Å². The number of carbonyl (C=O) groups excluding carboxylic acids is 2. The van der Waals surface area contributed by atoms with Gasteiger partial charge in [0, 0.05) is 17.4 Å². The molecule has 0 aliphatic carbocycles. The zero-order chi connectivity index (χ0) is 22.7. The Labute approximate surface area is 182 Å². The fraction of sp³-hybridized carbons (Fsp3) is 0.417. The van der Waals surface area contributed by atoms with Gasteiger partial charge in [0.2, 0.25) is 0 Å². The maximum absolute atomic E-state index is 12.9. The first-order valence-electron chi connectivity index (χ1n) is 10.7. The molecule has 0 bridgehead atoms. The van der Waals surface area contributed by atoms with E-state index < -0.39 is 5.97 Å². The van der Waals surface area contributed by atoms with Crippen LogP contribution in [0.3, 0.4) is 0 Å². The lowest BCUT2D eigenvalue weighted by molar-refractivity contribution is -0.119. The number of aromatic nitrogens is 3. The number of nitrogens with zero attached hydrogens (tertiary/aromatic N) is 3. The molecule has 1 amide bonds. The third-order valence-corrected chi connectivity index (χ3v) is 5.23. The topological polar surface area (TPSA) is 86.1 Å². The number of benzene rings is 1. The number of ether oxygens (including phenoxy) is 1. The normalized spacial score (nSPS) is 11.4. The van der Waals surface area contributed by atoms with Crippen molar-refractivity contribution in [3.63, 3.8) is 0 Å². The average Bonchev–Trinajstić information content (AvgIpc) is 3.17. The van der Waals surface area contributed by atoms with Crippen LogP contribution in [0.4, 0.5) is 5.69 Å². The standard InChI is InChI=1S/C24H30N4O3/c1-7-17-10-8-9-16(6)22(17)27-21(29)13-31-24(30)18-11-20(14(2)3)26-23-19(18)12-25-28(23)15(4)5/h8-12,14-15H,7,13H2,1-6H3,(H,27,29). The van der Waals surface area contributed by atoms with E-state index in [-0.39, 0.29) is 24.5 Å². The second kappa shape index (κ2) is 9.29. The molecule has 2 heterocycles. The molecule has 0 saturated carbocycles. The molecule has 3 rings (SSSR count). The Kier molecular flexibility index (Phi) is 6.73. The monoisotopic (exact) mass is 422 g/mol. The van der Waals surface area contributed by atoms with Crippen LogP contribution < -0.4 is 5.32 Å². The van der Waals surface area contributed by atoms with Gasteiger partial charge in [-0.1, -0.05) is 39.0 Å². The molecule has 0 saturated heterocycles. The lowest BCUT2D eigenvalue weighted by atomic mass is 10.1. The average molecular weight is 423 g/mol. The molecule has 2 aromatic heterocycles. The molecule has 7 heteroatoms. The number of para-hydroxylation sites is 1. The van der Waals surface area contributed by atoms with Gasteiger partial charge in [0.25, 0.3) is 5.91 Å². The third-order valence-electron chi connectivity index (χ3n) is 5.23. The van der Waals surface area contributed by atoms with Crippen LogP contribution in [-0.2, 0) is 16.0 Å². The summed E-state index contributed by atoms with van der Waals surface area (Å²) in [7, 11) is 0. The third kappa shape index (κ3) is 4.76. The van der Waals surface area contributed by atoms with Crippen LogP contribution in [0.15, 0.2) is 30.5 Å². The number of carbonyl (C=O) groups is 2. The lowest BCUT2D eigenvalue weighted by Crippen LogP contribution is -2.22. The van der Waals surface area contributed by atoms with E-state index in [0.717, 1.165) is 28.9 Å². The van der Waals surface area contributed by atoms with Gasteiger partial charge in [-0.15, -0.1) is 0 Å². The van der Waals surface area contributed by atoms with Gasteiger partial charge < -0.3 is 10.1 Å². The zero-order valence-electron chi connectivity index (χ0n) is 19.0. The van der Waals surface area contributed by atoms with Gasteiger partial charge in [-0.05, 0) is 50.3 Å². The van der Waals surface area contributed by atoms with E-state index in [2.05, 4.69) is 10.4 Å². The van der Waals surface area contributed by atoms with Gasteiger partial charge in [0.15, 0.2) is 12.3 Å². The minimum atomic E-state index is -0.562. The summed E-state index contributed by atoms with van der Waals surface area (Å²) >= 11 is 0. The molecule has 0 atom stereocenters. The highest BCUT2D eigenvalue weighted by molar-refractivity contribution is 6.04. The van der Waals surface area contributed by atoms with Crippen molar-refractivity contribution in [2.75, 3.05) is 11.9 Å². The van der Waals surface area contributed by atoms with Crippen molar-refractivity contribution in [1.82, 2.24) is 14.8 Å². The summed E-state index contributed by atoms with van der Waals surface area (Å²) < 4.78 is 7.16. The smallest absolute Gasteiger partial charge is 0.339 e. The van der Waals surface area contributed by atoms with E-state index in [1.54, 1.807) is 16.9 Å². The number of hydrogen-bond donors (Lipinski definition) is 1. The van der Waals surface area contributed by atoms with Crippen molar-refractivity contribution < 1.29 is 14.3 Å². The Morgan fingerprint density at radius 2 is 1.94 bits per heavy atom. The van der Waals surface area contributed by atoms with E-state index in [0.29, 0.717) is 16.6 Å². The Hall–Kier alpha value is -3.22. The maximum Gasteiger partial charge on any atom is 0.339 e. The van der Waals surface area contributed by atoms with Gasteiger partial charge in [-0.3, -0.25) is 4.79 Å². The summed E-state index contributed by atoms with van der Waals surface area (Å²) in [6.45, 7) is 11.6. The summed E-state index contributed by atoms with van der Waals surface area (Å²) in [5.41, 5.74) is 4.58. The number of pyridine rings is 1. The molecule has 0 fully saturated rings. The largest absolute Gasteiger partial charge is 0.452 e. The molecule has 0 unspecified atom stereocenters. The molecule has 0 radical (unpaired) electrons. The van der Waals surface area contributed by atoms with Crippen molar-refractivity contribution in [2.45, 2.75) is 59.9 Å². The van der Waals surface area contributed by atoms with Crippen LogP contribution in [0.2, 0.25) is 0 Å². The summed E-state index contributed by atoms with van der Waals surface area (Å²) in [6.07, 6.45) is 2.42. The van der Waals surface area contributed by atoms with Crippen molar-refractivity contribution in [3.05, 3.63) is 52.8 Å². The molecule has 0 spiro atoms. The molecule has 7 nitrogen and oxygen atoms in total. The molecule has 3 aromatic rings. The van der Waals surface area contributed by atoms with E-state index in [4.69, 9.17) is 9.72 Å². The lowest BCUT2D eigenvalue weighted by Gasteiger charge is -2.14. The van der Waals surface area contributed by atoms with E-state index in [1.165, 1.54) is 0 Å². The number of esters is 1. The van der Waals surface area contributed by atoms with Crippen molar-refractivity contribution in [2.24, 2.45) is 0 Å². The molecule has 1 N–H and O–H groups in total. The zero-order valence-corrected chi connectivity index (χ0v) is 19.0. The van der Waals surface area contributed by atoms with Crippen LogP contribution in [0.1, 0.15) is 73.8 Å². The molecule has 0 aliphatic rings. The molecule has 1 aromatic carbocycles. The van der Waals surface area contributed by atoms with Crippen LogP contribution in [-0.4, -0.2) is 33.2 Å². The predicted octanol–water partition coefficient (Wildman–Crippen LogP) is 4.80. The van der Waals surface area contributed by atoms with Gasteiger partial charge in [-0.25, -0.2) is 14.5 Å². The Morgan fingerprint density at radius 1 is 1.19 bits per heavy atom. The van der Waals surface area contributed by atoms with Crippen LogP contribution in [0, 0.1) is 6.92 Å². The summed E-state index contributed by atoms with van der Waals surface area (Å²) in [5, 5.41) is 7.88. The highest BCUT2D eigenvalue weighted by Crippen LogP contribution is 2.25. The van der Waals surface area contributed by atoms with Gasteiger partial charge >= 0.3 is 5.97 Å². The van der Waals surface area contributed by atoms with Crippen molar-refractivity contribution in [1.29, 1.82) is 0 Å². The van der Waals surface area contributed by atoms with E-state index in [1.807, 2.05) is 59.7 Å². The SMILES string of the molecule is CCc1cccc(C)c1NC(=O)COC(=O)c1cc(C(C)C)nc2c1cnn2C(C)C. The summed E-state index contributed by atoms with van der Waals surface area (Å²) in [5.74, 6) is -0.804. The van der Waals surface area contributed by atoms with Gasteiger partial charge in [0.05, 0.1) is 17.1 Å². The number of hydrogen-bond acceptors (Lipinski definition) is 5. The fourth-order valence-corrected chi connectivity index (χ4v) is 3.47. The Morgan fingerprint density at radius 3 is 2.58 bits per heavy atom. The van der Waals surface area contributed by atoms with E-state index in [9.17, 15) is 9.59 Å². The minimum absolute atomic E-state index is 0.101. The first-order chi connectivity index (χ1) is 14.7. The second-order valence-corrected chi connectivity index (χ2v) is 8.26. The number of amides is 1. The van der Waals surface area contributed by atoms with Crippen molar-refractivity contribution in [3.8, 4) is 0 Å². The Bertz CT molecular complexity index is 1120.